The molecule has 4 heteroatoms. The van der Waals surface area contributed by atoms with Crippen molar-refractivity contribution in [3.8, 4) is 0 Å². The van der Waals surface area contributed by atoms with Crippen LogP contribution in [-0.4, -0.2) is 29.9 Å². The van der Waals surface area contributed by atoms with Gasteiger partial charge in [0.05, 0.1) is 6.04 Å². The van der Waals surface area contributed by atoms with E-state index >= 15 is 0 Å². The number of rotatable bonds is 3. The van der Waals surface area contributed by atoms with Crippen molar-refractivity contribution in [2.75, 3.05) is 18.0 Å². The lowest BCUT2D eigenvalue weighted by Gasteiger charge is -2.39. The second kappa shape index (κ2) is 6.85. The van der Waals surface area contributed by atoms with Gasteiger partial charge in [-0.3, -0.25) is 9.69 Å². The first kappa shape index (κ1) is 16.2. The highest BCUT2D eigenvalue weighted by atomic mass is 79.9. The van der Waals surface area contributed by atoms with E-state index in [1.54, 1.807) is 0 Å². The Bertz CT molecular complexity index is 699. The summed E-state index contributed by atoms with van der Waals surface area (Å²) in [5.41, 5.74) is 3.55. The van der Waals surface area contributed by atoms with E-state index in [1.807, 2.05) is 36.1 Å². The van der Waals surface area contributed by atoms with Crippen molar-refractivity contribution in [1.82, 2.24) is 4.90 Å². The maximum absolute atomic E-state index is 12.8. The van der Waals surface area contributed by atoms with E-state index in [0.29, 0.717) is 0 Å². The fourth-order valence-electron chi connectivity index (χ4n) is 3.01. The van der Waals surface area contributed by atoms with Crippen LogP contribution < -0.4 is 4.90 Å². The highest BCUT2D eigenvalue weighted by Crippen LogP contribution is 2.24. The molecule has 0 radical (unpaired) electrons. The third kappa shape index (κ3) is 3.48. The predicted octanol–water partition coefficient (Wildman–Crippen LogP) is 3.99. The molecule has 23 heavy (non-hydrogen) atoms. The number of hydrogen-bond donors (Lipinski definition) is 0. The maximum atomic E-state index is 12.8. The zero-order valence-corrected chi connectivity index (χ0v) is 15.1. The van der Waals surface area contributed by atoms with Crippen molar-refractivity contribution in [3.63, 3.8) is 0 Å². The molecule has 0 aromatic heterocycles. The van der Waals surface area contributed by atoms with Gasteiger partial charge in [-0.15, -0.1) is 0 Å². The molecule has 0 saturated carbocycles. The number of aryl methyl sites for hydroxylation is 1. The molecule has 3 rings (SSSR count). The van der Waals surface area contributed by atoms with Crippen LogP contribution in [0.2, 0.25) is 0 Å². The van der Waals surface area contributed by atoms with E-state index in [4.69, 9.17) is 0 Å². The molecule has 1 heterocycles. The van der Waals surface area contributed by atoms with Gasteiger partial charge < -0.3 is 4.90 Å². The van der Waals surface area contributed by atoms with Gasteiger partial charge in [0.2, 0.25) is 5.91 Å². The lowest BCUT2D eigenvalue weighted by molar-refractivity contribution is -0.125. The molecule has 0 unspecified atom stereocenters. The van der Waals surface area contributed by atoms with Crippen LogP contribution in [0.5, 0.6) is 0 Å². The number of anilines is 1. The summed E-state index contributed by atoms with van der Waals surface area (Å²) < 4.78 is 1.03. The minimum atomic E-state index is -0.105. The van der Waals surface area contributed by atoms with Gasteiger partial charge in [0.15, 0.2) is 0 Å². The van der Waals surface area contributed by atoms with Crippen molar-refractivity contribution in [2.45, 2.75) is 26.4 Å². The quantitative estimate of drug-likeness (QED) is 0.812. The second-order valence-electron chi connectivity index (χ2n) is 6.04. The SMILES string of the molecule is Cc1ccccc1CN1CCN(c2ccc(Br)cc2)C(=O)[C@@H]1C. The Hall–Kier alpha value is -1.65. The zero-order valence-electron chi connectivity index (χ0n) is 13.5. The van der Waals surface area contributed by atoms with Crippen molar-refractivity contribution < 1.29 is 4.79 Å². The van der Waals surface area contributed by atoms with E-state index in [0.717, 1.165) is 29.8 Å². The Labute approximate surface area is 146 Å². The molecule has 2 aromatic rings. The standard InChI is InChI=1S/C19H21BrN2O/c1-14-5-3-4-6-16(14)13-21-11-12-22(19(23)15(21)2)18-9-7-17(20)8-10-18/h3-10,15H,11-13H2,1-2H3/t15-/m0/s1. The van der Waals surface area contributed by atoms with Gasteiger partial charge in [-0.25, -0.2) is 0 Å². The summed E-state index contributed by atoms with van der Waals surface area (Å²) in [6.45, 7) is 6.58. The fourth-order valence-corrected chi connectivity index (χ4v) is 3.28. The molecule has 1 amide bonds. The molecule has 0 aliphatic carbocycles. The van der Waals surface area contributed by atoms with Crippen LogP contribution in [0.15, 0.2) is 53.0 Å². The summed E-state index contributed by atoms with van der Waals surface area (Å²) in [4.78, 5) is 16.9. The van der Waals surface area contributed by atoms with Gasteiger partial charge in [-0.05, 0) is 49.2 Å². The van der Waals surface area contributed by atoms with Gasteiger partial charge in [-0.2, -0.15) is 0 Å². The highest BCUT2D eigenvalue weighted by molar-refractivity contribution is 9.10. The summed E-state index contributed by atoms with van der Waals surface area (Å²) in [6, 6.07) is 16.2. The molecule has 1 aliphatic rings. The van der Waals surface area contributed by atoms with Gasteiger partial charge in [0, 0.05) is 29.8 Å². The van der Waals surface area contributed by atoms with E-state index in [2.05, 4.69) is 52.0 Å². The van der Waals surface area contributed by atoms with Gasteiger partial charge >= 0.3 is 0 Å². The molecule has 3 nitrogen and oxygen atoms in total. The minimum Gasteiger partial charge on any atom is -0.310 e. The summed E-state index contributed by atoms with van der Waals surface area (Å²) in [6.07, 6.45) is 0. The summed E-state index contributed by atoms with van der Waals surface area (Å²) in [5, 5.41) is 0. The first-order chi connectivity index (χ1) is 11.1. The molecular formula is C19H21BrN2O. The summed E-state index contributed by atoms with van der Waals surface area (Å²) >= 11 is 3.44. The minimum absolute atomic E-state index is 0.105. The molecule has 0 N–H and O–H groups in total. The summed E-state index contributed by atoms with van der Waals surface area (Å²) in [5.74, 6) is 0.173. The van der Waals surface area contributed by atoms with Crippen LogP contribution >= 0.6 is 15.9 Å². The molecule has 1 saturated heterocycles. The van der Waals surface area contributed by atoms with Gasteiger partial charge in [-0.1, -0.05) is 40.2 Å². The molecular weight excluding hydrogens is 352 g/mol. The maximum Gasteiger partial charge on any atom is 0.244 e. The Morgan fingerprint density at radius 3 is 2.48 bits per heavy atom. The van der Waals surface area contributed by atoms with Gasteiger partial charge in [0.1, 0.15) is 0 Å². The lowest BCUT2D eigenvalue weighted by Crippen LogP contribution is -2.55. The van der Waals surface area contributed by atoms with Crippen LogP contribution in [0.1, 0.15) is 18.1 Å². The molecule has 2 aromatic carbocycles. The average Bonchev–Trinajstić information content (AvgIpc) is 2.55. The monoisotopic (exact) mass is 372 g/mol. The van der Waals surface area contributed by atoms with E-state index in [9.17, 15) is 4.79 Å². The van der Waals surface area contributed by atoms with E-state index in [1.165, 1.54) is 11.1 Å². The number of carbonyl (C=O) groups excluding carboxylic acids is 1. The normalized spacial score (nSPS) is 19.2. The number of benzene rings is 2. The molecule has 1 aliphatic heterocycles. The van der Waals surface area contributed by atoms with E-state index < -0.39 is 0 Å². The number of halogens is 1. The molecule has 120 valence electrons. The third-order valence-corrected chi connectivity index (χ3v) is 5.08. The molecule has 1 fully saturated rings. The predicted molar refractivity (Wildman–Crippen MR) is 97.5 cm³/mol. The smallest absolute Gasteiger partial charge is 0.244 e. The number of piperazine rings is 1. The Morgan fingerprint density at radius 2 is 1.78 bits per heavy atom. The summed E-state index contributed by atoms with van der Waals surface area (Å²) in [7, 11) is 0. The van der Waals surface area contributed by atoms with Gasteiger partial charge in [0.25, 0.3) is 0 Å². The Balaban J connectivity index is 1.73. The third-order valence-electron chi connectivity index (χ3n) is 4.55. The van der Waals surface area contributed by atoms with Crippen LogP contribution in [0.3, 0.4) is 0 Å². The van der Waals surface area contributed by atoms with Crippen LogP contribution in [0.25, 0.3) is 0 Å². The van der Waals surface area contributed by atoms with Crippen molar-refractivity contribution in [1.29, 1.82) is 0 Å². The van der Waals surface area contributed by atoms with Crippen molar-refractivity contribution in [3.05, 3.63) is 64.1 Å². The number of carbonyl (C=O) groups is 1. The van der Waals surface area contributed by atoms with Crippen LogP contribution in [0, 0.1) is 6.92 Å². The number of nitrogens with zero attached hydrogens (tertiary/aromatic N) is 2. The second-order valence-corrected chi connectivity index (χ2v) is 6.95. The molecule has 0 bridgehead atoms. The number of hydrogen-bond acceptors (Lipinski definition) is 2. The van der Waals surface area contributed by atoms with E-state index in [-0.39, 0.29) is 11.9 Å². The first-order valence-corrected chi connectivity index (χ1v) is 8.71. The number of amides is 1. The van der Waals surface area contributed by atoms with Crippen LogP contribution in [-0.2, 0) is 11.3 Å². The molecule has 0 spiro atoms. The zero-order chi connectivity index (χ0) is 16.4. The van der Waals surface area contributed by atoms with Crippen molar-refractivity contribution in [2.24, 2.45) is 0 Å². The molecule has 1 atom stereocenters. The largest absolute Gasteiger partial charge is 0.310 e. The highest BCUT2D eigenvalue weighted by Gasteiger charge is 2.32. The lowest BCUT2D eigenvalue weighted by atomic mass is 10.1. The van der Waals surface area contributed by atoms with Crippen LogP contribution in [0.4, 0.5) is 5.69 Å². The fraction of sp³-hybridized carbons (Fsp3) is 0.316. The average molecular weight is 373 g/mol. The topological polar surface area (TPSA) is 23.6 Å². The Kier molecular flexibility index (Phi) is 4.83. The Morgan fingerprint density at radius 1 is 1.09 bits per heavy atom. The first-order valence-electron chi connectivity index (χ1n) is 7.92. The van der Waals surface area contributed by atoms with Crippen molar-refractivity contribution >= 4 is 27.5 Å².